The molecule has 1 aromatic heterocycles. The van der Waals surface area contributed by atoms with Crippen molar-refractivity contribution in [2.45, 2.75) is 23.4 Å². The number of benzene rings is 2. The van der Waals surface area contributed by atoms with Crippen molar-refractivity contribution >= 4 is 45.2 Å². The van der Waals surface area contributed by atoms with E-state index in [1.165, 1.54) is 40.7 Å². The van der Waals surface area contributed by atoms with Crippen molar-refractivity contribution in [3.63, 3.8) is 0 Å². The number of anilines is 1. The fourth-order valence-electron chi connectivity index (χ4n) is 2.65. The van der Waals surface area contributed by atoms with Crippen molar-refractivity contribution in [3.05, 3.63) is 64.6 Å². The Labute approximate surface area is 177 Å². The van der Waals surface area contributed by atoms with E-state index in [-0.39, 0.29) is 30.7 Å². The average Bonchev–Trinajstić information content (AvgIpc) is 3.22. The number of carbonyl (C=O) groups is 2. The molecule has 29 heavy (non-hydrogen) atoms. The Bertz CT molecular complexity index is 1060. The minimum atomic E-state index is -0.605. The molecule has 1 aliphatic rings. The van der Waals surface area contributed by atoms with Crippen LogP contribution in [0, 0.1) is 5.82 Å². The molecule has 0 fully saturated rings. The summed E-state index contributed by atoms with van der Waals surface area (Å²) in [6.07, 6.45) is -0.0311. The van der Waals surface area contributed by atoms with Gasteiger partial charge in [0.25, 0.3) is 5.91 Å². The van der Waals surface area contributed by atoms with Crippen molar-refractivity contribution in [1.82, 2.24) is 14.8 Å². The van der Waals surface area contributed by atoms with Gasteiger partial charge in [-0.25, -0.2) is 9.37 Å². The van der Waals surface area contributed by atoms with Crippen LogP contribution < -0.4 is 10.1 Å². The minimum Gasteiger partial charge on any atom is -0.486 e. The quantitative estimate of drug-likeness (QED) is 0.580. The number of halogens is 2. The number of aromatic nitrogens is 3. The predicted molar refractivity (Wildman–Crippen MR) is 108 cm³/mol. The van der Waals surface area contributed by atoms with Crippen LogP contribution in [0.2, 0.25) is 0 Å². The molecule has 0 spiro atoms. The largest absolute Gasteiger partial charge is 0.486 e. The molecular weight excluding hydrogens is 463 g/mol. The van der Waals surface area contributed by atoms with Crippen LogP contribution in [0.4, 0.5) is 10.1 Å². The lowest BCUT2D eigenvalue weighted by Gasteiger charge is -2.08. The first-order chi connectivity index (χ1) is 14.0. The number of ether oxygens (including phenoxy) is 1. The molecule has 10 heteroatoms. The van der Waals surface area contributed by atoms with Crippen molar-refractivity contribution in [2.75, 3.05) is 5.32 Å². The van der Waals surface area contributed by atoms with Gasteiger partial charge in [0.1, 0.15) is 23.4 Å². The van der Waals surface area contributed by atoms with Gasteiger partial charge in [-0.05, 0) is 48.5 Å². The van der Waals surface area contributed by atoms with Crippen molar-refractivity contribution in [1.29, 1.82) is 0 Å². The fourth-order valence-corrected chi connectivity index (χ4v) is 4.00. The van der Waals surface area contributed by atoms with Crippen molar-refractivity contribution in [2.24, 2.45) is 0 Å². The molecule has 0 saturated heterocycles. The summed E-state index contributed by atoms with van der Waals surface area (Å²) >= 11 is 4.54. The molecular formula is C19H14BrFN4O3S. The molecule has 1 unspecified atom stereocenters. The monoisotopic (exact) mass is 476 g/mol. The van der Waals surface area contributed by atoms with E-state index in [2.05, 4.69) is 31.3 Å². The van der Waals surface area contributed by atoms with Crippen LogP contribution in [0.5, 0.6) is 5.75 Å². The van der Waals surface area contributed by atoms with Gasteiger partial charge >= 0.3 is 0 Å². The van der Waals surface area contributed by atoms with E-state index in [0.717, 1.165) is 4.47 Å². The first kappa shape index (κ1) is 19.6. The Morgan fingerprint density at radius 3 is 2.62 bits per heavy atom. The number of carbonyl (C=O) groups excluding carboxylic acids is 2. The molecule has 3 aromatic rings. The highest BCUT2D eigenvalue weighted by Gasteiger charge is 2.36. The van der Waals surface area contributed by atoms with Gasteiger partial charge in [0.05, 0.1) is 0 Å². The Morgan fingerprint density at radius 1 is 1.21 bits per heavy atom. The summed E-state index contributed by atoms with van der Waals surface area (Å²) in [6.45, 7) is 0.130. The molecule has 4 rings (SSSR count). The molecule has 0 bridgehead atoms. The number of thioether (sulfide) groups is 1. The zero-order valence-electron chi connectivity index (χ0n) is 14.8. The van der Waals surface area contributed by atoms with E-state index < -0.39 is 5.25 Å². The third kappa shape index (κ3) is 4.65. The fraction of sp³-hybridized carbons (Fsp3) is 0.158. The summed E-state index contributed by atoms with van der Waals surface area (Å²) < 4.78 is 20.7. The van der Waals surface area contributed by atoms with Crippen LogP contribution in [-0.4, -0.2) is 31.8 Å². The molecule has 2 aromatic carbocycles. The minimum absolute atomic E-state index is 0.0311. The SMILES string of the molecule is O=C(CC1Sc2nc(COc3ccc(Br)cc3)nn2C1=O)Nc1ccc(F)cc1. The van der Waals surface area contributed by atoms with Crippen LogP contribution in [0.15, 0.2) is 58.2 Å². The van der Waals surface area contributed by atoms with Crippen LogP contribution in [0.3, 0.4) is 0 Å². The third-order valence-corrected chi connectivity index (χ3v) is 5.69. The summed E-state index contributed by atoms with van der Waals surface area (Å²) in [6, 6.07) is 12.8. The number of hydrogen-bond acceptors (Lipinski definition) is 6. The summed E-state index contributed by atoms with van der Waals surface area (Å²) in [5.74, 6) is 0.0186. The van der Waals surface area contributed by atoms with Gasteiger partial charge in [-0.15, -0.1) is 5.10 Å². The molecule has 0 saturated carbocycles. The van der Waals surface area contributed by atoms with Gasteiger partial charge in [-0.3, -0.25) is 9.59 Å². The van der Waals surface area contributed by atoms with Crippen molar-refractivity contribution in [3.8, 4) is 5.75 Å². The second-order valence-electron chi connectivity index (χ2n) is 6.17. The lowest BCUT2D eigenvalue weighted by molar-refractivity contribution is -0.116. The van der Waals surface area contributed by atoms with E-state index in [4.69, 9.17) is 4.74 Å². The summed E-state index contributed by atoms with van der Waals surface area (Å²) in [5, 5.41) is 6.66. The zero-order valence-corrected chi connectivity index (χ0v) is 17.2. The summed E-state index contributed by atoms with van der Waals surface area (Å²) in [4.78, 5) is 29.0. The number of rotatable bonds is 6. The van der Waals surface area contributed by atoms with Gasteiger partial charge in [0.2, 0.25) is 5.91 Å². The molecule has 2 heterocycles. The standard InChI is InChI=1S/C19H14BrFN4O3S/c20-11-1-7-14(8-2-11)28-10-16-23-19-25(24-16)18(27)15(29-19)9-17(26)22-13-5-3-12(21)4-6-13/h1-8,15H,9-10H2,(H,22,26). The van der Waals surface area contributed by atoms with E-state index >= 15 is 0 Å². The zero-order chi connectivity index (χ0) is 20.4. The maximum atomic E-state index is 12.9. The highest BCUT2D eigenvalue weighted by atomic mass is 79.9. The Kier molecular flexibility index (Phi) is 5.63. The van der Waals surface area contributed by atoms with E-state index in [9.17, 15) is 14.0 Å². The predicted octanol–water partition coefficient (Wildman–Crippen LogP) is 3.90. The smallest absolute Gasteiger partial charge is 0.263 e. The van der Waals surface area contributed by atoms with Crippen molar-refractivity contribution < 1.29 is 18.7 Å². The van der Waals surface area contributed by atoms with Crippen LogP contribution in [0.25, 0.3) is 0 Å². The Morgan fingerprint density at radius 2 is 1.93 bits per heavy atom. The van der Waals surface area contributed by atoms with E-state index in [1.807, 2.05) is 24.3 Å². The summed E-state index contributed by atoms with van der Waals surface area (Å²) in [5.41, 5.74) is 0.468. The number of nitrogens with one attached hydrogen (secondary N) is 1. The molecule has 0 radical (unpaired) electrons. The summed E-state index contributed by atoms with van der Waals surface area (Å²) in [7, 11) is 0. The van der Waals surface area contributed by atoms with Gasteiger partial charge in [-0.1, -0.05) is 27.7 Å². The van der Waals surface area contributed by atoms with Gasteiger partial charge in [-0.2, -0.15) is 4.68 Å². The number of hydrogen-bond donors (Lipinski definition) is 1. The van der Waals surface area contributed by atoms with Gasteiger partial charge in [0, 0.05) is 16.6 Å². The molecule has 148 valence electrons. The molecule has 0 aliphatic carbocycles. The Balaban J connectivity index is 1.33. The molecule has 1 atom stereocenters. The lowest BCUT2D eigenvalue weighted by atomic mass is 10.2. The first-order valence-corrected chi connectivity index (χ1v) is 10.3. The number of nitrogens with zero attached hydrogens (tertiary/aromatic N) is 3. The molecule has 1 N–H and O–H groups in total. The average molecular weight is 477 g/mol. The topological polar surface area (TPSA) is 86.1 Å². The highest BCUT2D eigenvalue weighted by Crippen LogP contribution is 2.32. The normalized spacial score (nSPS) is 15.2. The maximum Gasteiger partial charge on any atom is 0.263 e. The van der Waals surface area contributed by atoms with Crippen LogP contribution in [-0.2, 0) is 11.4 Å². The number of fused-ring (bicyclic) bond motifs is 1. The third-order valence-electron chi connectivity index (χ3n) is 4.03. The Hall–Kier alpha value is -2.72. The first-order valence-electron chi connectivity index (χ1n) is 8.58. The van der Waals surface area contributed by atoms with Gasteiger partial charge < -0.3 is 10.1 Å². The molecule has 1 amide bonds. The maximum absolute atomic E-state index is 12.9. The van der Waals surface area contributed by atoms with Crippen LogP contribution in [0.1, 0.15) is 17.0 Å². The van der Waals surface area contributed by atoms with E-state index in [1.54, 1.807) is 0 Å². The lowest BCUT2D eigenvalue weighted by Crippen LogP contribution is -2.25. The number of amides is 1. The second-order valence-corrected chi connectivity index (χ2v) is 8.25. The van der Waals surface area contributed by atoms with Gasteiger partial charge in [0.15, 0.2) is 11.0 Å². The van der Waals surface area contributed by atoms with E-state index in [0.29, 0.717) is 22.4 Å². The second kappa shape index (κ2) is 8.34. The molecule has 1 aliphatic heterocycles. The van der Waals surface area contributed by atoms with Crippen LogP contribution >= 0.6 is 27.7 Å². The highest BCUT2D eigenvalue weighted by molar-refractivity contribution is 9.10. The molecule has 7 nitrogen and oxygen atoms in total.